The Kier molecular flexibility index (Phi) is 8.30. The summed E-state index contributed by atoms with van der Waals surface area (Å²) in [4.78, 5) is 44.5. The number of thiazole rings is 1. The van der Waals surface area contributed by atoms with Crippen molar-refractivity contribution in [2.45, 2.75) is 17.7 Å². The molecule has 0 radical (unpaired) electrons. The third-order valence-electron chi connectivity index (χ3n) is 4.76. The maximum absolute atomic E-state index is 12.6. The first-order chi connectivity index (χ1) is 15.0. The highest BCUT2D eigenvalue weighted by molar-refractivity contribution is 8.01. The molecule has 0 bridgehead atoms. The molecule has 1 aromatic heterocycles. The van der Waals surface area contributed by atoms with Gasteiger partial charge in [-0.1, -0.05) is 11.8 Å². The Balaban J connectivity index is 1.44. The largest absolute Gasteiger partial charge is 0.497 e. The summed E-state index contributed by atoms with van der Waals surface area (Å²) in [6.45, 7) is 4.02. The topological polar surface area (TPSA) is 89.0 Å². The molecule has 2 aromatic rings. The van der Waals surface area contributed by atoms with Crippen molar-refractivity contribution in [1.82, 2.24) is 14.8 Å². The summed E-state index contributed by atoms with van der Waals surface area (Å²) in [6, 6.07) is 7.01. The van der Waals surface area contributed by atoms with Crippen LogP contribution in [0.25, 0.3) is 0 Å². The van der Waals surface area contributed by atoms with Gasteiger partial charge in [0.25, 0.3) is 0 Å². The van der Waals surface area contributed by atoms with Gasteiger partial charge in [0.05, 0.1) is 31.6 Å². The first kappa shape index (κ1) is 23.1. The van der Waals surface area contributed by atoms with Crippen molar-refractivity contribution in [2.24, 2.45) is 0 Å². The van der Waals surface area contributed by atoms with E-state index >= 15 is 0 Å². The van der Waals surface area contributed by atoms with Gasteiger partial charge in [-0.2, -0.15) is 0 Å². The molecule has 0 saturated carbocycles. The summed E-state index contributed by atoms with van der Waals surface area (Å²) in [5.74, 6) is 0.989. The lowest BCUT2D eigenvalue weighted by molar-refractivity contribution is -0.132. The molecular formula is C21H25N3O5S2. The van der Waals surface area contributed by atoms with Crippen LogP contribution in [0.1, 0.15) is 23.0 Å². The van der Waals surface area contributed by atoms with Gasteiger partial charge in [0.1, 0.15) is 5.75 Å². The predicted octanol–water partition coefficient (Wildman–Crippen LogP) is 2.97. The number of piperazine rings is 1. The highest BCUT2D eigenvalue weighted by atomic mass is 32.2. The normalized spacial score (nSPS) is 13.7. The van der Waals surface area contributed by atoms with Gasteiger partial charge in [-0.25, -0.2) is 9.78 Å². The zero-order valence-electron chi connectivity index (χ0n) is 17.5. The number of hydrogen-bond donors (Lipinski definition) is 0. The zero-order valence-corrected chi connectivity index (χ0v) is 19.2. The van der Waals surface area contributed by atoms with Crippen molar-refractivity contribution in [2.75, 3.05) is 45.6 Å². The molecule has 166 valence electrons. The standard InChI is InChI=1S/C21H25N3O5S2/c1-3-29-21(27)24-10-8-23(9-11-24)19(26)12-16-13-30-20(22-16)31-14-18(25)15-4-6-17(28-2)7-5-15/h4-7,13H,3,8-12,14H2,1-2H3. The van der Waals surface area contributed by atoms with E-state index in [9.17, 15) is 14.4 Å². The van der Waals surface area contributed by atoms with Crippen molar-refractivity contribution in [3.63, 3.8) is 0 Å². The van der Waals surface area contributed by atoms with Gasteiger partial charge in [-0.3, -0.25) is 9.59 Å². The lowest BCUT2D eigenvalue weighted by Gasteiger charge is -2.34. The zero-order chi connectivity index (χ0) is 22.2. The van der Waals surface area contributed by atoms with E-state index in [2.05, 4.69) is 4.98 Å². The van der Waals surface area contributed by atoms with Crippen LogP contribution in [0.3, 0.4) is 0 Å². The first-order valence-corrected chi connectivity index (χ1v) is 11.8. The number of thioether (sulfide) groups is 1. The average molecular weight is 464 g/mol. The molecule has 2 amide bonds. The maximum Gasteiger partial charge on any atom is 0.409 e. The molecule has 0 unspecified atom stereocenters. The number of nitrogens with zero attached hydrogens (tertiary/aromatic N) is 3. The molecule has 3 rings (SSSR count). The molecule has 1 aliphatic rings. The summed E-state index contributed by atoms with van der Waals surface area (Å²) in [5.41, 5.74) is 1.32. The molecule has 0 spiro atoms. The van der Waals surface area contributed by atoms with Crippen LogP contribution < -0.4 is 4.74 Å². The number of hydrogen-bond acceptors (Lipinski definition) is 8. The fraction of sp³-hybridized carbons (Fsp3) is 0.429. The van der Waals surface area contributed by atoms with Crippen LogP contribution in [0.4, 0.5) is 4.79 Å². The monoisotopic (exact) mass is 463 g/mol. The highest BCUT2D eigenvalue weighted by Gasteiger charge is 2.25. The van der Waals surface area contributed by atoms with Crippen LogP contribution >= 0.6 is 23.1 Å². The Labute approximate surface area is 189 Å². The second kappa shape index (κ2) is 11.1. The minimum atomic E-state index is -0.333. The molecule has 31 heavy (non-hydrogen) atoms. The summed E-state index contributed by atoms with van der Waals surface area (Å²) < 4.78 is 10.9. The van der Waals surface area contributed by atoms with Crippen LogP contribution in [0, 0.1) is 0 Å². The molecule has 1 aromatic carbocycles. The molecule has 2 heterocycles. The number of Topliss-reactive ketones (excluding diaryl/α,β-unsaturated/α-hetero) is 1. The van der Waals surface area contributed by atoms with Crippen LogP contribution in [0.2, 0.25) is 0 Å². The number of amides is 2. The van der Waals surface area contributed by atoms with Crippen molar-refractivity contribution < 1.29 is 23.9 Å². The lowest BCUT2D eigenvalue weighted by Crippen LogP contribution is -2.51. The fourth-order valence-electron chi connectivity index (χ4n) is 3.04. The quantitative estimate of drug-likeness (QED) is 0.439. The van der Waals surface area contributed by atoms with Gasteiger partial charge in [0.2, 0.25) is 5.91 Å². The molecular weight excluding hydrogens is 438 g/mol. The van der Waals surface area contributed by atoms with Gasteiger partial charge >= 0.3 is 6.09 Å². The van der Waals surface area contributed by atoms with E-state index in [1.165, 1.54) is 23.1 Å². The van der Waals surface area contributed by atoms with E-state index in [4.69, 9.17) is 9.47 Å². The van der Waals surface area contributed by atoms with E-state index in [0.717, 1.165) is 4.34 Å². The number of rotatable bonds is 8. The molecule has 1 fully saturated rings. The fourth-order valence-corrected chi connectivity index (χ4v) is 4.78. The molecule has 8 nitrogen and oxygen atoms in total. The lowest BCUT2D eigenvalue weighted by atomic mass is 10.1. The SMILES string of the molecule is CCOC(=O)N1CCN(C(=O)Cc2csc(SCC(=O)c3ccc(OC)cc3)n2)CC1. The Bertz CT molecular complexity index is 908. The van der Waals surface area contributed by atoms with Gasteiger partial charge in [0.15, 0.2) is 10.1 Å². The number of carbonyl (C=O) groups is 3. The molecule has 0 aliphatic carbocycles. The number of aromatic nitrogens is 1. The smallest absolute Gasteiger partial charge is 0.409 e. The summed E-state index contributed by atoms with van der Waals surface area (Å²) in [5, 5.41) is 1.85. The van der Waals surface area contributed by atoms with E-state index in [0.29, 0.717) is 49.8 Å². The molecule has 0 N–H and O–H groups in total. The van der Waals surface area contributed by atoms with Crippen molar-refractivity contribution in [3.8, 4) is 5.75 Å². The molecule has 0 atom stereocenters. The van der Waals surface area contributed by atoms with E-state index in [1.54, 1.807) is 48.1 Å². The summed E-state index contributed by atoms with van der Waals surface area (Å²) in [6.07, 6.45) is -0.122. The number of ether oxygens (including phenoxy) is 2. The van der Waals surface area contributed by atoms with Crippen molar-refractivity contribution in [3.05, 3.63) is 40.9 Å². The number of carbonyl (C=O) groups excluding carboxylic acids is 3. The third kappa shape index (κ3) is 6.44. The molecule has 1 saturated heterocycles. The van der Waals surface area contributed by atoms with Gasteiger partial charge in [-0.15, -0.1) is 11.3 Å². The summed E-state index contributed by atoms with van der Waals surface area (Å²) >= 11 is 2.80. The third-order valence-corrected chi connectivity index (χ3v) is 6.83. The summed E-state index contributed by atoms with van der Waals surface area (Å²) in [7, 11) is 1.58. The Hall–Kier alpha value is -2.59. The second-order valence-electron chi connectivity index (χ2n) is 6.79. The van der Waals surface area contributed by atoms with E-state index in [-0.39, 0.29) is 30.0 Å². The number of methoxy groups -OCH3 is 1. The van der Waals surface area contributed by atoms with Crippen LogP contribution in [-0.4, -0.2) is 78.2 Å². The van der Waals surface area contributed by atoms with Crippen molar-refractivity contribution >= 4 is 40.9 Å². The van der Waals surface area contributed by atoms with Crippen LogP contribution in [-0.2, 0) is 16.0 Å². The van der Waals surface area contributed by atoms with Gasteiger partial charge in [-0.05, 0) is 31.2 Å². The molecule has 10 heteroatoms. The van der Waals surface area contributed by atoms with Gasteiger partial charge in [0, 0.05) is 37.1 Å². The first-order valence-electron chi connectivity index (χ1n) is 9.94. The Morgan fingerprint density at radius 2 is 1.77 bits per heavy atom. The Morgan fingerprint density at radius 1 is 1.10 bits per heavy atom. The van der Waals surface area contributed by atoms with Crippen molar-refractivity contribution in [1.29, 1.82) is 0 Å². The predicted molar refractivity (Wildman–Crippen MR) is 119 cm³/mol. The van der Waals surface area contributed by atoms with Crippen LogP contribution in [0.5, 0.6) is 5.75 Å². The second-order valence-corrected chi connectivity index (χ2v) is 8.87. The highest BCUT2D eigenvalue weighted by Crippen LogP contribution is 2.24. The minimum Gasteiger partial charge on any atom is -0.497 e. The van der Waals surface area contributed by atoms with Crippen LogP contribution in [0.15, 0.2) is 34.0 Å². The van der Waals surface area contributed by atoms with E-state index < -0.39 is 0 Å². The number of benzene rings is 1. The minimum absolute atomic E-state index is 0.0138. The van der Waals surface area contributed by atoms with E-state index in [1.807, 2.05) is 5.38 Å². The Morgan fingerprint density at radius 3 is 2.42 bits per heavy atom. The molecule has 1 aliphatic heterocycles. The number of ketones is 1. The maximum atomic E-state index is 12.6. The van der Waals surface area contributed by atoms with Gasteiger partial charge < -0.3 is 19.3 Å². The average Bonchev–Trinajstić information content (AvgIpc) is 3.25.